The van der Waals surface area contributed by atoms with E-state index in [1.165, 1.54) is 48.8 Å². The summed E-state index contributed by atoms with van der Waals surface area (Å²) in [7, 11) is 0. The predicted octanol–water partition coefficient (Wildman–Crippen LogP) is 5.40. The standard InChI is InChI=1S/C21H27N/c1-3-7-18(8-4-2)21-19-10-6-5-9-16(19)11-12-17-13-14-22-15-20(17)21/h5-6,9-10,13-14,22H,3-4,7-8,11-12,15H2,1-2H3. The summed E-state index contributed by atoms with van der Waals surface area (Å²) in [5.41, 5.74) is 9.30. The minimum Gasteiger partial charge on any atom is -0.387 e. The van der Waals surface area contributed by atoms with Gasteiger partial charge in [0.25, 0.3) is 0 Å². The molecule has 1 aliphatic carbocycles. The Labute approximate surface area is 134 Å². The minimum absolute atomic E-state index is 0.979. The fraction of sp³-hybridized carbons (Fsp3) is 0.429. The van der Waals surface area contributed by atoms with Crippen molar-refractivity contribution >= 4 is 5.57 Å². The molecule has 0 aromatic heterocycles. The summed E-state index contributed by atoms with van der Waals surface area (Å²) in [6, 6.07) is 9.05. The highest BCUT2D eigenvalue weighted by atomic mass is 14.8. The van der Waals surface area contributed by atoms with Crippen LogP contribution in [0.25, 0.3) is 5.57 Å². The van der Waals surface area contributed by atoms with Crippen molar-refractivity contribution in [1.29, 1.82) is 0 Å². The Balaban J connectivity index is 2.22. The molecule has 22 heavy (non-hydrogen) atoms. The van der Waals surface area contributed by atoms with Gasteiger partial charge in [0.1, 0.15) is 0 Å². The lowest BCUT2D eigenvalue weighted by atomic mass is 9.85. The van der Waals surface area contributed by atoms with Gasteiger partial charge in [-0.15, -0.1) is 0 Å². The summed E-state index contributed by atoms with van der Waals surface area (Å²) in [4.78, 5) is 0. The van der Waals surface area contributed by atoms with Gasteiger partial charge in [0, 0.05) is 6.54 Å². The lowest BCUT2D eigenvalue weighted by molar-refractivity contribution is 0.802. The molecule has 0 unspecified atom stereocenters. The van der Waals surface area contributed by atoms with E-state index in [2.05, 4.69) is 55.7 Å². The molecule has 1 heterocycles. The smallest absolute Gasteiger partial charge is 0.0404 e. The zero-order valence-corrected chi connectivity index (χ0v) is 13.9. The van der Waals surface area contributed by atoms with E-state index in [0.29, 0.717) is 0 Å². The van der Waals surface area contributed by atoms with Crippen LogP contribution in [0.15, 0.2) is 53.3 Å². The Morgan fingerprint density at radius 3 is 2.59 bits per heavy atom. The third-order valence-corrected chi connectivity index (χ3v) is 4.78. The summed E-state index contributed by atoms with van der Waals surface area (Å²) in [6.07, 6.45) is 11.6. The fourth-order valence-corrected chi connectivity index (χ4v) is 3.81. The van der Waals surface area contributed by atoms with E-state index < -0.39 is 0 Å². The molecule has 0 amide bonds. The Morgan fingerprint density at radius 1 is 1.05 bits per heavy atom. The van der Waals surface area contributed by atoms with Crippen LogP contribution < -0.4 is 5.32 Å². The quantitative estimate of drug-likeness (QED) is 0.783. The summed E-state index contributed by atoms with van der Waals surface area (Å²) in [5.74, 6) is 0. The zero-order valence-electron chi connectivity index (χ0n) is 13.9. The van der Waals surface area contributed by atoms with Crippen LogP contribution in [0.2, 0.25) is 0 Å². The monoisotopic (exact) mass is 293 g/mol. The normalized spacial score (nSPS) is 16.7. The molecule has 0 bridgehead atoms. The lowest BCUT2D eigenvalue weighted by Crippen LogP contribution is -2.17. The second-order valence-corrected chi connectivity index (χ2v) is 6.35. The molecule has 1 nitrogen and oxygen atoms in total. The first-order valence-electron chi connectivity index (χ1n) is 8.77. The topological polar surface area (TPSA) is 12.0 Å². The van der Waals surface area contributed by atoms with Crippen molar-refractivity contribution in [1.82, 2.24) is 5.32 Å². The molecule has 0 saturated carbocycles. The molecular weight excluding hydrogens is 266 g/mol. The summed E-state index contributed by atoms with van der Waals surface area (Å²) in [5, 5.41) is 3.44. The Hall–Kier alpha value is -1.76. The highest BCUT2D eigenvalue weighted by Crippen LogP contribution is 2.39. The number of hydrogen-bond acceptors (Lipinski definition) is 1. The maximum absolute atomic E-state index is 3.44. The Bertz CT molecular complexity index is 623. The first-order chi connectivity index (χ1) is 10.8. The van der Waals surface area contributed by atoms with Crippen molar-refractivity contribution in [2.24, 2.45) is 0 Å². The van der Waals surface area contributed by atoms with E-state index in [-0.39, 0.29) is 0 Å². The van der Waals surface area contributed by atoms with Crippen molar-refractivity contribution in [3.05, 3.63) is 64.4 Å². The van der Waals surface area contributed by atoms with Crippen LogP contribution in [0.3, 0.4) is 0 Å². The highest BCUT2D eigenvalue weighted by molar-refractivity contribution is 5.86. The van der Waals surface area contributed by atoms with E-state index in [9.17, 15) is 0 Å². The number of dihydropyridines is 1. The molecular formula is C21H27N. The van der Waals surface area contributed by atoms with Crippen LogP contribution in [0.1, 0.15) is 57.1 Å². The summed E-state index contributed by atoms with van der Waals surface area (Å²) >= 11 is 0. The number of rotatable bonds is 4. The van der Waals surface area contributed by atoms with Crippen molar-refractivity contribution in [2.45, 2.75) is 52.4 Å². The van der Waals surface area contributed by atoms with E-state index >= 15 is 0 Å². The number of fused-ring (bicyclic) bond motifs is 1. The van der Waals surface area contributed by atoms with Crippen molar-refractivity contribution in [3.63, 3.8) is 0 Å². The molecule has 1 N–H and O–H groups in total. The Morgan fingerprint density at radius 2 is 1.82 bits per heavy atom. The van der Waals surface area contributed by atoms with Crippen LogP contribution in [0.4, 0.5) is 0 Å². The largest absolute Gasteiger partial charge is 0.387 e. The number of nitrogens with one attached hydrogen (secondary N) is 1. The van der Waals surface area contributed by atoms with Gasteiger partial charge < -0.3 is 5.32 Å². The second kappa shape index (κ2) is 7.00. The molecule has 2 aliphatic rings. The van der Waals surface area contributed by atoms with Crippen LogP contribution >= 0.6 is 0 Å². The van der Waals surface area contributed by atoms with Crippen molar-refractivity contribution in [2.75, 3.05) is 6.54 Å². The number of benzene rings is 1. The lowest BCUT2D eigenvalue weighted by Gasteiger charge is -2.22. The van der Waals surface area contributed by atoms with Crippen molar-refractivity contribution < 1.29 is 0 Å². The fourth-order valence-electron chi connectivity index (χ4n) is 3.81. The van der Waals surface area contributed by atoms with Crippen molar-refractivity contribution in [3.8, 4) is 0 Å². The molecule has 0 fully saturated rings. The third-order valence-electron chi connectivity index (χ3n) is 4.78. The molecule has 0 atom stereocenters. The third kappa shape index (κ3) is 2.90. The van der Waals surface area contributed by atoms with E-state index in [1.807, 2.05) is 0 Å². The molecule has 0 radical (unpaired) electrons. The van der Waals surface area contributed by atoms with Crippen LogP contribution in [0.5, 0.6) is 0 Å². The molecule has 0 saturated heterocycles. The molecule has 3 rings (SSSR count). The zero-order chi connectivity index (χ0) is 15.4. The van der Waals surface area contributed by atoms with Gasteiger partial charge in [-0.3, -0.25) is 0 Å². The van der Waals surface area contributed by atoms with Gasteiger partial charge in [-0.25, -0.2) is 0 Å². The van der Waals surface area contributed by atoms with Gasteiger partial charge in [0.2, 0.25) is 0 Å². The first-order valence-corrected chi connectivity index (χ1v) is 8.77. The molecule has 1 aromatic rings. The molecule has 0 spiro atoms. The van der Waals surface area contributed by atoms with Gasteiger partial charge in [0.15, 0.2) is 0 Å². The second-order valence-electron chi connectivity index (χ2n) is 6.35. The maximum atomic E-state index is 3.44. The highest BCUT2D eigenvalue weighted by Gasteiger charge is 2.23. The van der Waals surface area contributed by atoms with E-state index in [4.69, 9.17) is 0 Å². The van der Waals surface area contributed by atoms with Gasteiger partial charge in [-0.05, 0) is 65.8 Å². The van der Waals surface area contributed by atoms with Gasteiger partial charge >= 0.3 is 0 Å². The van der Waals surface area contributed by atoms with Crippen LogP contribution in [0, 0.1) is 0 Å². The number of hydrogen-bond donors (Lipinski definition) is 1. The van der Waals surface area contributed by atoms with Crippen LogP contribution in [-0.2, 0) is 6.42 Å². The maximum Gasteiger partial charge on any atom is 0.0404 e. The average molecular weight is 293 g/mol. The Kier molecular flexibility index (Phi) is 4.82. The SMILES string of the molecule is CCCC(CCC)=C1C2=C(C=CNC2)CCc2ccccc21. The number of allylic oxidation sites excluding steroid dienone is 3. The molecule has 1 heteroatoms. The predicted molar refractivity (Wildman–Crippen MR) is 95.7 cm³/mol. The van der Waals surface area contributed by atoms with Gasteiger partial charge in [-0.2, -0.15) is 0 Å². The first kappa shape index (κ1) is 15.1. The van der Waals surface area contributed by atoms with E-state index in [0.717, 1.165) is 13.0 Å². The molecule has 1 aromatic carbocycles. The van der Waals surface area contributed by atoms with Gasteiger partial charge in [0.05, 0.1) is 0 Å². The summed E-state index contributed by atoms with van der Waals surface area (Å²) < 4.78 is 0. The molecule has 116 valence electrons. The number of aryl methyl sites for hydroxylation is 1. The minimum atomic E-state index is 0.979. The molecule has 1 aliphatic heterocycles. The average Bonchev–Trinajstić information content (AvgIpc) is 2.71. The van der Waals surface area contributed by atoms with Crippen LogP contribution in [-0.4, -0.2) is 6.54 Å². The van der Waals surface area contributed by atoms with Gasteiger partial charge in [-0.1, -0.05) is 56.5 Å². The summed E-state index contributed by atoms with van der Waals surface area (Å²) in [6.45, 7) is 5.58. The van der Waals surface area contributed by atoms with E-state index in [1.54, 1.807) is 16.7 Å².